The van der Waals surface area contributed by atoms with Crippen LogP contribution in [0.3, 0.4) is 0 Å². The fraction of sp³-hybridized carbons (Fsp3) is 0.182. The Hall–Kier alpha value is -1.47. The molecule has 1 atom stereocenters. The zero-order valence-corrected chi connectivity index (χ0v) is 12.1. The van der Waals surface area contributed by atoms with Gasteiger partial charge in [0.1, 0.15) is 24.5 Å². The van der Waals surface area contributed by atoms with Gasteiger partial charge in [-0.15, -0.1) is 0 Å². The molecule has 0 aliphatic carbocycles. The van der Waals surface area contributed by atoms with Gasteiger partial charge in [-0.2, -0.15) is 5.10 Å². The summed E-state index contributed by atoms with van der Waals surface area (Å²) >= 11 is 8.94. The third kappa shape index (κ3) is 3.10. The molecule has 2 rings (SSSR count). The molecule has 5 nitrogen and oxygen atoms in total. The van der Waals surface area contributed by atoms with E-state index in [0.717, 1.165) is 6.07 Å². The van der Waals surface area contributed by atoms with Crippen LogP contribution in [0.4, 0.5) is 10.1 Å². The van der Waals surface area contributed by atoms with Crippen LogP contribution in [0.2, 0.25) is 5.02 Å². The average molecular weight is 348 g/mol. The van der Waals surface area contributed by atoms with E-state index in [1.807, 2.05) is 0 Å². The van der Waals surface area contributed by atoms with Crippen molar-refractivity contribution in [1.29, 1.82) is 0 Å². The molecular weight excluding hydrogens is 339 g/mol. The molecule has 1 N–H and O–H groups in total. The lowest BCUT2D eigenvalue weighted by atomic mass is 10.2. The van der Waals surface area contributed by atoms with Gasteiger partial charge in [-0.1, -0.05) is 11.6 Å². The van der Waals surface area contributed by atoms with Gasteiger partial charge >= 0.3 is 0 Å². The lowest BCUT2D eigenvalue weighted by Gasteiger charge is -2.13. The first-order valence-electron chi connectivity index (χ1n) is 5.28. The lowest BCUT2D eigenvalue weighted by Crippen LogP contribution is -2.24. The van der Waals surface area contributed by atoms with Gasteiger partial charge in [0.25, 0.3) is 0 Å². The number of aromatic nitrogens is 3. The van der Waals surface area contributed by atoms with Crippen LogP contribution < -0.4 is 5.32 Å². The SMILES string of the molecule is CC(C(=O)Nc1cc(F)c(Br)cc1Cl)n1cncn1. The largest absolute Gasteiger partial charge is 0.323 e. The normalized spacial score (nSPS) is 12.2. The zero-order chi connectivity index (χ0) is 14.0. The molecule has 0 spiro atoms. The van der Waals surface area contributed by atoms with Crippen LogP contribution in [0.5, 0.6) is 0 Å². The van der Waals surface area contributed by atoms with E-state index < -0.39 is 11.9 Å². The van der Waals surface area contributed by atoms with Crippen molar-refractivity contribution < 1.29 is 9.18 Å². The number of amides is 1. The average Bonchev–Trinajstić information content (AvgIpc) is 2.88. The van der Waals surface area contributed by atoms with Crippen molar-refractivity contribution in [3.05, 3.63) is 40.1 Å². The molecule has 0 saturated heterocycles. The topological polar surface area (TPSA) is 59.8 Å². The van der Waals surface area contributed by atoms with Crippen LogP contribution >= 0.6 is 27.5 Å². The minimum absolute atomic E-state index is 0.208. The minimum Gasteiger partial charge on any atom is -0.323 e. The van der Waals surface area contributed by atoms with Gasteiger partial charge in [-0.25, -0.2) is 14.1 Å². The molecule has 0 saturated carbocycles. The van der Waals surface area contributed by atoms with Gasteiger partial charge in [0.05, 0.1) is 15.2 Å². The van der Waals surface area contributed by atoms with Crippen LogP contribution in [-0.4, -0.2) is 20.7 Å². The first kappa shape index (κ1) is 14.0. The lowest BCUT2D eigenvalue weighted by molar-refractivity contribution is -0.119. The highest BCUT2D eigenvalue weighted by Crippen LogP contribution is 2.29. The number of benzene rings is 1. The number of carbonyl (C=O) groups excluding carboxylic acids is 1. The maximum Gasteiger partial charge on any atom is 0.249 e. The van der Waals surface area contributed by atoms with Crippen LogP contribution in [0, 0.1) is 5.82 Å². The molecule has 1 unspecified atom stereocenters. The Morgan fingerprint density at radius 2 is 2.32 bits per heavy atom. The molecule has 0 bridgehead atoms. The van der Waals surface area contributed by atoms with Gasteiger partial charge in [0.15, 0.2) is 0 Å². The highest BCUT2D eigenvalue weighted by molar-refractivity contribution is 9.10. The summed E-state index contributed by atoms with van der Waals surface area (Å²) in [5, 5.41) is 6.65. The number of carbonyl (C=O) groups is 1. The zero-order valence-electron chi connectivity index (χ0n) is 9.77. The summed E-state index contributed by atoms with van der Waals surface area (Å²) in [7, 11) is 0. The predicted octanol–water partition coefficient (Wildman–Crippen LogP) is 3.03. The summed E-state index contributed by atoms with van der Waals surface area (Å²) < 4.78 is 15.0. The summed E-state index contributed by atoms with van der Waals surface area (Å²) in [4.78, 5) is 15.7. The van der Waals surface area contributed by atoms with Crippen LogP contribution in [0.25, 0.3) is 0 Å². The first-order valence-corrected chi connectivity index (χ1v) is 6.45. The van der Waals surface area contributed by atoms with E-state index in [1.54, 1.807) is 6.92 Å². The second-order valence-electron chi connectivity index (χ2n) is 3.79. The van der Waals surface area contributed by atoms with Gasteiger partial charge in [-0.05, 0) is 28.9 Å². The summed E-state index contributed by atoms with van der Waals surface area (Å²) in [6, 6.07) is 1.95. The molecule has 0 fully saturated rings. The van der Waals surface area contributed by atoms with Gasteiger partial charge in [0.2, 0.25) is 5.91 Å². The molecule has 1 amide bonds. The maximum atomic E-state index is 13.4. The van der Waals surface area contributed by atoms with Crippen molar-refractivity contribution in [2.24, 2.45) is 0 Å². The molecule has 19 heavy (non-hydrogen) atoms. The monoisotopic (exact) mass is 346 g/mol. The Labute approximate surface area is 121 Å². The van der Waals surface area contributed by atoms with Crippen molar-refractivity contribution in [1.82, 2.24) is 14.8 Å². The number of anilines is 1. The third-order valence-corrected chi connectivity index (χ3v) is 3.40. The van der Waals surface area contributed by atoms with Crippen molar-refractivity contribution in [3.63, 3.8) is 0 Å². The van der Waals surface area contributed by atoms with E-state index in [2.05, 4.69) is 31.3 Å². The quantitative estimate of drug-likeness (QED) is 0.868. The first-order chi connectivity index (χ1) is 8.99. The van der Waals surface area contributed by atoms with E-state index in [0.29, 0.717) is 0 Å². The summed E-state index contributed by atoms with van der Waals surface area (Å²) in [5.41, 5.74) is 0.208. The fourth-order valence-electron chi connectivity index (χ4n) is 1.39. The van der Waals surface area contributed by atoms with Crippen molar-refractivity contribution in [2.45, 2.75) is 13.0 Å². The number of nitrogens with one attached hydrogen (secondary N) is 1. The smallest absolute Gasteiger partial charge is 0.249 e. The Morgan fingerprint density at radius 1 is 1.58 bits per heavy atom. The number of nitrogens with zero attached hydrogens (tertiary/aromatic N) is 3. The van der Waals surface area contributed by atoms with Crippen LogP contribution in [0.1, 0.15) is 13.0 Å². The summed E-state index contributed by atoms with van der Waals surface area (Å²) in [6.45, 7) is 1.65. The highest BCUT2D eigenvalue weighted by Gasteiger charge is 2.17. The molecule has 2 aromatic rings. The van der Waals surface area contributed by atoms with E-state index in [1.165, 1.54) is 23.4 Å². The van der Waals surface area contributed by atoms with Crippen LogP contribution in [-0.2, 0) is 4.79 Å². The molecule has 8 heteroatoms. The molecule has 0 aliphatic rings. The highest BCUT2D eigenvalue weighted by atomic mass is 79.9. The third-order valence-electron chi connectivity index (χ3n) is 2.48. The fourth-order valence-corrected chi connectivity index (χ4v) is 2.08. The second-order valence-corrected chi connectivity index (χ2v) is 5.05. The van der Waals surface area contributed by atoms with E-state index in [4.69, 9.17) is 11.6 Å². The summed E-state index contributed by atoms with van der Waals surface area (Å²) in [6.07, 6.45) is 2.75. The van der Waals surface area contributed by atoms with Gasteiger partial charge < -0.3 is 5.32 Å². The number of rotatable bonds is 3. The number of hydrogen-bond donors (Lipinski definition) is 1. The molecule has 1 aromatic carbocycles. The number of hydrogen-bond acceptors (Lipinski definition) is 3. The van der Waals surface area contributed by atoms with Crippen molar-refractivity contribution in [2.75, 3.05) is 5.32 Å². The predicted molar refractivity (Wildman–Crippen MR) is 72.5 cm³/mol. The van der Waals surface area contributed by atoms with Crippen molar-refractivity contribution in [3.8, 4) is 0 Å². The second kappa shape index (κ2) is 5.66. The minimum atomic E-state index is -0.578. The Balaban J connectivity index is 2.17. The standard InChI is InChI=1S/C11H9BrClFN4O/c1-6(18-5-15-4-16-18)11(19)17-10-3-9(14)7(12)2-8(10)13/h2-6H,1H3,(H,17,19). The Morgan fingerprint density at radius 3 is 2.95 bits per heavy atom. The molecule has 1 heterocycles. The molecule has 1 aromatic heterocycles. The Kier molecular flexibility index (Phi) is 4.16. The van der Waals surface area contributed by atoms with Crippen LogP contribution in [0.15, 0.2) is 29.3 Å². The number of halogens is 3. The van der Waals surface area contributed by atoms with Crippen molar-refractivity contribution >= 4 is 39.1 Å². The Bertz CT molecular complexity index is 605. The molecule has 100 valence electrons. The molecule has 0 aliphatic heterocycles. The van der Waals surface area contributed by atoms with Gasteiger partial charge in [0, 0.05) is 6.07 Å². The van der Waals surface area contributed by atoms with Gasteiger partial charge in [-0.3, -0.25) is 4.79 Å². The van der Waals surface area contributed by atoms with E-state index >= 15 is 0 Å². The molecule has 0 radical (unpaired) electrons. The van der Waals surface area contributed by atoms with E-state index in [-0.39, 0.29) is 21.1 Å². The molecular formula is C11H9BrClFN4O. The summed E-state index contributed by atoms with van der Waals surface area (Å²) in [5.74, 6) is -0.873. The maximum absolute atomic E-state index is 13.4. The van der Waals surface area contributed by atoms with E-state index in [9.17, 15) is 9.18 Å².